The monoisotopic (exact) mass is 338 g/mol. The third-order valence-corrected chi connectivity index (χ3v) is 4.71. The molecule has 1 fully saturated rings. The molecule has 1 aromatic carbocycles. The molecule has 0 radical (unpaired) electrons. The summed E-state index contributed by atoms with van der Waals surface area (Å²) in [4.78, 5) is 2.48. The molecule has 3 rings (SSSR count). The minimum Gasteiger partial charge on any atom is -0.367 e. The molecule has 2 aromatic rings. The highest BCUT2D eigenvalue weighted by molar-refractivity contribution is 6.42. The first kappa shape index (κ1) is 15.7. The summed E-state index contributed by atoms with van der Waals surface area (Å²) >= 11 is 12.1. The zero-order valence-electron chi connectivity index (χ0n) is 12.6. The summed E-state index contributed by atoms with van der Waals surface area (Å²) in [5, 5.41) is 9.09. The largest absolute Gasteiger partial charge is 0.367 e. The Labute approximate surface area is 141 Å². The Bertz CT molecular complexity index is 648. The van der Waals surface area contributed by atoms with Gasteiger partial charge in [0.25, 0.3) is 0 Å². The Morgan fingerprint density at radius 1 is 1.14 bits per heavy atom. The van der Waals surface area contributed by atoms with Gasteiger partial charge in [0, 0.05) is 24.8 Å². The van der Waals surface area contributed by atoms with Crippen molar-refractivity contribution in [3.05, 3.63) is 40.0 Å². The van der Waals surface area contributed by atoms with Crippen LogP contribution in [0.1, 0.15) is 18.5 Å². The van der Waals surface area contributed by atoms with Crippen LogP contribution in [0.5, 0.6) is 0 Å². The SMILES string of the molecule is Cc1cc(NCCN2CCCC2)nn1-c1ccc(Cl)c(Cl)c1. The Kier molecular flexibility index (Phi) is 4.91. The predicted molar refractivity (Wildman–Crippen MR) is 92.5 cm³/mol. The molecule has 0 aliphatic carbocycles. The van der Waals surface area contributed by atoms with E-state index < -0.39 is 0 Å². The van der Waals surface area contributed by atoms with Crippen LogP contribution in [0.2, 0.25) is 10.0 Å². The van der Waals surface area contributed by atoms with Crippen LogP contribution in [0.3, 0.4) is 0 Å². The highest BCUT2D eigenvalue weighted by Crippen LogP contribution is 2.25. The molecule has 1 saturated heterocycles. The number of rotatable bonds is 5. The molecule has 6 heteroatoms. The van der Waals surface area contributed by atoms with Crippen LogP contribution in [0.4, 0.5) is 5.82 Å². The molecule has 0 bridgehead atoms. The van der Waals surface area contributed by atoms with E-state index in [-0.39, 0.29) is 0 Å². The molecule has 2 heterocycles. The molecule has 1 aromatic heterocycles. The third-order valence-electron chi connectivity index (χ3n) is 3.97. The first-order chi connectivity index (χ1) is 10.6. The van der Waals surface area contributed by atoms with Gasteiger partial charge in [-0.05, 0) is 51.1 Å². The van der Waals surface area contributed by atoms with Crippen molar-refractivity contribution in [2.45, 2.75) is 19.8 Å². The molecule has 0 amide bonds. The minimum absolute atomic E-state index is 0.539. The van der Waals surface area contributed by atoms with Crippen LogP contribution in [-0.2, 0) is 0 Å². The molecule has 22 heavy (non-hydrogen) atoms. The lowest BCUT2D eigenvalue weighted by atomic mass is 10.3. The second-order valence-electron chi connectivity index (χ2n) is 5.66. The number of hydrogen-bond acceptors (Lipinski definition) is 3. The second kappa shape index (κ2) is 6.90. The van der Waals surface area contributed by atoms with Crippen molar-refractivity contribution in [2.75, 3.05) is 31.5 Å². The lowest BCUT2D eigenvalue weighted by Gasteiger charge is -2.14. The van der Waals surface area contributed by atoms with Crippen molar-refractivity contribution in [3.63, 3.8) is 0 Å². The zero-order chi connectivity index (χ0) is 15.5. The van der Waals surface area contributed by atoms with E-state index in [2.05, 4.69) is 15.3 Å². The molecule has 0 atom stereocenters. The number of likely N-dealkylation sites (tertiary alicyclic amines) is 1. The van der Waals surface area contributed by atoms with E-state index in [1.807, 2.05) is 29.8 Å². The predicted octanol–water partition coefficient (Wildman–Crippen LogP) is 4.00. The number of nitrogens with one attached hydrogen (secondary N) is 1. The smallest absolute Gasteiger partial charge is 0.148 e. The molecule has 1 aliphatic rings. The number of nitrogens with zero attached hydrogens (tertiary/aromatic N) is 3. The maximum absolute atomic E-state index is 6.08. The van der Waals surface area contributed by atoms with Gasteiger partial charge in [-0.15, -0.1) is 0 Å². The molecule has 0 saturated carbocycles. The molecular formula is C16H20Cl2N4. The van der Waals surface area contributed by atoms with Crippen LogP contribution in [0, 0.1) is 6.92 Å². The fraction of sp³-hybridized carbons (Fsp3) is 0.438. The van der Waals surface area contributed by atoms with Crippen LogP contribution in [0.25, 0.3) is 5.69 Å². The topological polar surface area (TPSA) is 33.1 Å². The van der Waals surface area contributed by atoms with Gasteiger partial charge in [-0.3, -0.25) is 0 Å². The first-order valence-corrected chi connectivity index (χ1v) is 8.37. The molecule has 0 spiro atoms. The van der Waals surface area contributed by atoms with Crippen molar-refractivity contribution >= 4 is 29.0 Å². The Morgan fingerprint density at radius 2 is 1.91 bits per heavy atom. The fourth-order valence-corrected chi connectivity index (χ4v) is 3.08. The molecule has 118 valence electrons. The maximum atomic E-state index is 6.08. The van der Waals surface area contributed by atoms with E-state index >= 15 is 0 Å². The quantitative estimate of drug-likeness (QED) is 0.894. The molecule has 4 nitrogen and oxygen atoms in total. The minimum atomic E-state index is 0.539. The Hall–Kier alpha value is -1.23. The first-order valence-electron chi connectivity index (χ1n) is 7.62. The molecule has 1 aliphatic heterocycles. The van der Waals surface area contributed by atoms with Gasteiger partial charge >= 0.3 is 0 Å². The lowest BCUT2D eigenvalue weighted by molar-refractivity contribution is 0.352. The Morgan fingerprint density at radius 3 is 2.64 bits per heavy atom. The third kappa shape index (κ3) is 3.57. The summed E-state index contributed by atoms with van der Waals surface area (Å²) in [6.45, 7) is 6.45. The number of aromatic nitrogens is 2. The van der Waals surface area contributed by atoms with Gasteiger partial charge in [-0.2, -0.15) is 5.10 Å². The van der Waals surface area contributed by atoms with E-state index in [1.54, 1.807) is 6.07 Å². The summed E-state index contributed by atoms with van der Waals surface area (Å²) in [5.74, 6) is 0.891. The number of aryl methyl sites for hydroxylation is 1. The summed E-state index contributed by atoms with van der Waals surface area (Å²) in [5.41, 5.74) is 1.97. The van der Waals surface area contributed by atoms with Gasteiger partial charge in [0.15, 0.2) is 0 Å². The molecule has 0 unspecified atom stereocenters. The van der Waals surface area contributed by atoms with Crippen molar-refractivity contribution in [1.82, 2.24) is 14.7 Å². The fourth-order valence-electron chi connectivity index (χ4n) is 2.79. The molecular weight excluding hydrogens is 319 g/mol. The normalized spacial score (nSPS) is 15.4. The van der Waals surface area contributed by atoms with Crippen LogP contribution in [-0.4, -0.2) is 40.9 Å². The summed E-state index contributed by atoms with van der Waals surface area (Å²) in [6.07, 6.45) is 2.65. The van der Waals surface area contributed by atoms with Crippen LogP contribution >= 0.6 is 23.2 Å². The van der Waals surface area contributed by atoms with Gasteiger partial charge in [-0.1, -0.05) is 23.2 Å². The summed E-state index contributed by atoms with van der Waals surface area (Å²) in [7, 11) is 0. The van der Waals surface area contributed by atoms with E-state index in [4.69, 9.17) is 23.2 Å². The van der Waals surface area contributed by atoms with E-state index in [9.17, 15) is 0 Å². The summed E-state index contributed by atoms with van der Waals surface area (Å²) < 4.78 is 1.88. The average molecular weight is 339 g/mol. The highest BCUT2D eigenvalue weighted by atomic mass is 35.5. The van der Waals surface area contributed by atoms with Gasteiger partial charge < -0.3 is 10.2 Å². The van der Waals surface area contributed by atoms with Crippen molar-refractivity contribution < 1.29 is 0 Å². The second-order valence-corrected chi connectivity index (χ2v) is 6.47. The standard InChI is InChI=1S/C16H20Cl2N4/c1-12-10-16(19-6-9-21-7-2-3-8-21)20-22(12)13-4-5-14(17)15(18)11-13/h4-5,10-11H,2-3,6-9H2,1H3,(H,19,20). The summed E-state index contributed by atoms with van der Waals surface area (Å²) in [6, 6.07) is 7.59. The van der Waals surface area contributed by atoms with Gasteiger partial charge in [-0.25, -0.2) is 4.68 Å². The number of benzene rings is 1. The van der Waals surface area contributed by atoms with Crippen molar-refractivity contribution in [2.24, 2.45) is 0 Å². The van der Waals surface area contributed by atoms with E-state index in [0.717, 1.165) is 30.3 Å². The lowest BCUT2D eigenvalue weighted by Crippen LogP contribution is -2.26. The highest BCUT2D eigenvalue weighted by Gasteiger charge is 2.11. The van der Waals surface area contributed by atoms with E-state index in [0.29, 0.717) is 10.0 Å². The number of halogens is 2. The van der Waals surface area contributed by atoms with Crippen molar-refractivity contribution in [3.8, 4) is 5.69 Å². The van der Waals surface area contributed by atoms with Crippen LogP contribution < -0.4 is 5.32 Å². The average Bonchev–Trinajstić information content (AvgIpc) is 3.12. The number of anilines is 1. The van der Waals surface area contributed by atoms with Gasteiger partial charge in [0.1, 0.15) is 5.82 Å². The zero-order valence-corrected chi connectivity index (χ0v) is 14.2. The van der Waals surface area contributed by atoms with Gasteiger partial charge in [0.05, 0.1) is 15.7 Å². The maximum Gasteiger partial charge on any atom is 0.148 e. The van der Waals surface area contributed by atoms with Gasteiger partial charge in [0.2, 0.25) is 0 Å². The van der Waals surface area contributed by atoms with E-state index in [1.165, 1.54) is 25.9 Å². The molecule has 1 N–H and O–H groups in total. The number of hydrogen-bond donors (Lipinski definition) is 1. The Balaban J connectivity index is 1.66. The van der Waals surface area contributed by atoms with Crippen LogP contribution in [0.15, 0.2) is 24.3 Å². The van der Waals surface area contributed by atoms with Crippen molar-refractivity contribution in [1.29, 1.82) is 0 Å².